The van der Waals surface area contributed by atoms with Crippen molar-refractivity contribution in [1.82, 2.24) is 24.6 Å². The molecule has 4 rings (SSSR count). The first kappa shape index (κ1) is 20.6. The molecule has 1 aliphatic rings. The molecular formula is C19H22F2N6O2S. The van der Waals surface area contributed by atoms with Crippen molar-refractivity contribution in [1.29, 1.82) is 0 Å². The van der Waals surface area contributed by atoms with Crippen molar-refractivity contribution in [3.8, 4) is 11.4 Å². The Morgan fingerprint density at radius 2 is 2.07 bits per heavy atom. The topological polar surface area (TPSA) is 93.4 Å². The second kappa shape index (κ2) is 8.21. The summed E-state index contributed by atoms with van der Waals surface area (Å²) in [4.78, 5) is 14.9. The zero-order valence-corrected chi connectivity index (χ0v) is 17.3. The number of alkyl halides is 2. The minimum absolute atomic E-state index is 0.0492. The Morgan fingerprint density at radius 1 is 1.23 bits per heavy atom. The molecule has 0 amide bonds. The maximum Gasteiger partial charge on any atom is 0.282 e. The molecular weight excluding hydrogens is 414 g/mol. The van der Waals surface area contributed by atoms with E-state index >= 15 is 0 Å². The van der Waals surface area contributed by atoms with E-state index in [0.717, 1.165) is 19.4 Å². The van der Waals surface area contributed by atoms with Crippen LogP contribution >= 0.6 is 0 Å². The van der Waals surface area contributed by atoms with E-state index in [4.69, 9.17) is 0 Å². The molecule has 11 heteroatoms. The molecule has 0 aliphatic carbocycles. The molecule has 3 aromatic heterocycles. The number of halogens is 2. The monoisotopic (exact) mass is 436 g/mol. The highest BCUT2D eigenvalue weighted by Crippen LogP contribution is 2.26. The van der Waals surface area contributed by atoms with Gasteiger partial charge in [0.15, 0.2) is 5.65 Å². The Morgan fingerprint density at radius 3 is 2.83 bits per heavy atom. The number of hydrogen-bond acceptors (Lipinski definition) is 7. The zero-order chi connectivity index (χ0) is 21.3. The molecule has 8 nitrogen and oxygen atoms in total. The van der Waals surface area contributed by atoms with Gasteiger partial charge in [-0.05, 0) is 30.9 Å². The second-order valence-corrected chi connectivity index (χ2v) is 9.78. The van der Waals surface area contributed by atoms with Crippen LogP contribution in [0.1, 0.15) is 31.9 Å². The van der Waals surface area contributed by atoms with Crippen molar-refractivity contribution >= 4 is 21.3 Å². The summed E-state index contributed by atoms with van der Waals surface area (Å²) < 4.78 is 51.5. The molecule has 3 aromatic rings. The number of imidazole rings is 1. The van der Waals surface area contributed by atoms with Gasteiger partial charge < -0.3 is 4.90 Å². The number of aromatic nitrogens is 5. The Labute approximate surface area is 172 Å². The van der Waals surface area contributed by atoms with Crippen molar-refractivity contribution in [2.45, 2.75) is 26.2 Å². The average molecular weight is 436 g/mol. The van der Waals surface area contributed by atoms with E-state index < -0.39 is 16.3 Å². The van der Waals surface area contributed by atoms with Crippen molar-refractivity contribution in [3.63, 3.8) is 0 Å². The van der Waals surface area contributed by atoms with Gasteiger partial charge in [0.2, 0.25) is 0 Å². The number of rotatable bonds is 6. The summed E-state index contributed by atoms with van der Waals surface area (Å²) in [6.45, 7) is 3.02. The largest absolute Gasteiger partial charge is 0.356 e. The lowest BCUT2D eigenvalue weighted by atomic mass is 10.00. The van der Waals surface area contributed by atoms with Crippen molar-refractivity contribution in [2.75, 3.05) is 29.5 Å². The lowest BCUT2D eigenvalue weighted by Crippen LogP contribution is -2.38. The zero-order valence-electron chi connectivity index (χ0n) is 16.4. The third kappa shape index (κ3) is 4.25. The Kier molecular flexibility index (Phi) is 5.63. The van der Waals surface area contributed by atoms with E-state index in [1.54, 1.807) is 13.0 Å². The molecule has 160 valence electrons. The van der Waals surface area contributed by atoms with Gasteiger partial charge in [0.05, 0.1) is 17.6 Å². The van der Waals surface area contributed by atoms with E-state index in [2.05, 4.69) is 20.1 Å². The molecule has 1 atom stereocenters. The number of hydrogen-bond donors (Lipinski definition) is 0. The molecule has 1 saturated heterocycles. The van der Waals surface area contributed by atoms with Gasteiger partial charge in [-0.25, -0.2) is 36.7 Å². The lowest BCUT2D eigenvalue weighted by molar-refractivity contribution is 0.144. The van der Waals surface area contributed by atoms with Crippen LogP contribution in [0.25, 0.3) is 17.0 Å². The summed E-state index contributed by atoms with van der Waals surface area (Å²) in [5, 5.41) is 3.98. The van der Waals surface area contributed by atoms with Gasteiger partial charge in [-0.3, -0.25) is 0 Å². The summed E-state index contributed by atoms with van der Waals surface area (Å²) in [6, 6.07) is 4.50. The molecule has 0 saturated carbocycles. The summed E-state index contributed by atoms with van der Waals surface area (Å²) >= 11 is 0. The first-order valence-corrected chi connectivity index (χ1v) is 11.6. The number of sulfone groups is 1. The molecule has 30 heavy (non-hydrogen) atoms. The first-order valence-electron chi connectivity index (χ1n) is 9.77. The van der Waals surface area contributed by atoms with Crippen molar-refractivity contribution in [3.05, 3.63) is 36.4 Å². The molecule has 0 unspecified atom stereocenters. The van der Waals surface area contributed by atoms with Gasteiger partial charge >= 0.3 is 0 Å². The quantitative estimate of drug-likeness (QED) is 0.587. The molecule has 0 aromatic carbocycles. The number of fused-ring (bicyclic) bond motifs is 1. The average Bonchev–Trinajstić information content (AvgIpc) is 3.17. The first-order chi connectivity index (χ1) is 14.4. The van der Waals surface area contributed by atoms with Crippen LogP contribution in [0.4, 0.5) is 14.6 Å². The Hall–Kier alpha value is -2.69. The fourth-order valence-corrected chi connectivity index (χ4v) is 4.95. The second-order valence-electron chi connectivity index (χ2n) is 7.39. The third-order valence-electron chi connectivity index (χ3n) is 5.29. The fraction of sp³-hybridized carbons (Fsp3) is 0.474. The summed E-state index contributed by atoms with van der Waals surface area (Å²) in [5.41, 5.74) is 1.09. The smallest absolute Gasteiger partial charge is 0.282 e. The summed E-state index contributed by atoms with van der Waals surface area (Å²) in [7, 11) is -3.04. The highest BCUT2D eigenvalue weighted by atomic mass is 32.2. The van der Waals surface area contributed by atoms with Gasteiger partial charge in [-0.1, -0.05) is 6.92 Å². The van der Waals surface area contributed by atoms with E-state index in [1.807, 2.05) is 4.90 Å². The van der Waals surface area contributed by atoms with Crippen LogP contribution in [-0.4, -0.2) is 57.6 Å². The van der Waals surface area contributed by atoms with E-state index in [9.17, 15) is 17.2 Å². The molecule has 1 aliphatic heterocycles. The predicted molar refractivity (Wildman–Crippen MR) is 108 cm³/mol. The highest BCUT2D eigenvalue weighted by molar-refractivity contribution is 7.91. The van der Waals surface area contributed by atoms with Gasteiger partial charge in [0, 0.05) is 24.9 Å². The minimum atomic E-state index is -3.04. The van der Waals surface area contributed by atoms with E-state index in [1.165, 1.54) is 29.2 Å². The molecule has 0 spiro atoms. The lowest BCUT2D eigenvalue weighted by Gasteiger charge is -2.33. The molecule has 4 heterocycles. The van der Waals surface area contributed by atoms with E-state index in [0.29, 0.717) is 29.4 Å². The SMILES string of the molecule is CCS(=O)(=O)C[C@H]1CCCN(c2cc(-c3cnc4ccc(C(F)F)nn34)ncn2)C1. The summed E-state index contributed by atoms with van der Waals surface area (Å²) in [5.74, 6) is 1.03. The van der Waals surface area contributed by atoms with Gasteiger partial charge in [-0.15, -0.1) is 0 Å². The van der Waals surface area contributed by atoms with E-state index in [-0.39, 0.29) is 23.1 Å². The number of piperidine rings is 1. The van der Waals surface area contributed by atoms with Crippen molar-refractivity contribution in [2.24, 2.45) is 5.92 Å². The van der Waals surface area contributed by atoms with Crippen LogP contribution in [0.2, 0.25) is 0 Å². The maximum absolute atomic E-state index is 13.1. The van der Waals surface area contributed by atoms with Crippen LogP contribution in [-0.2, 0) is 9.84 Å². The van der Waals surface area contributed by atoms with Gasteiger partial charge in [0.25, 0.3) is 6.43 Å². The van der Waals surface area contributed by atoms with Gasteiger partial charge in [0.1, 0.15) is 33.4 Å². The normalized spacial score (nSPS) is 17.7. The molecule has 0 N–H and O–H groups in total. The fourth-order valence-electron chi connectivity index (χ4n) is 3.72. The molecule has 1 fully saturated rings. The van der Waals surface area contributed by atoms with Crippen molar-refractivity contribution < 1.29 is 17.2 Å². The highest BCUT2D eigenvalue weighted by Gasteiger charge is 2.25. The Bertz CT molecular complexity index is 1150. The van der Waals surface area contributed by atoms with Crippen LogP contribution in [0.3, 0.4) is 0 Å². The Balaban J connectivity index is 1.62. The minimum Gasteiger partial charge on any atom is -0.356 e. The van der Waals surface area contributed by atoms with Crippen LogP contribution < -0.4 is 4.90 Å². The van der Waals surface area contributed by atoms with Crippen LogP contribution in [0.5, 0.6) is 0 Å². The molecule has 0 bridgehead atoms. The standard InChI is InChI=1S/C19H22F2N6O2S/c1-2-30(28,29)11-13-4-3-7-26(10-13)18-8-15(23-12-24-18)16-9-22-17-6-5-14(19(20)21)25-27(16)17/h5-6,8-9,12-13,19H,2-4,7,10-11H2,1H3/t13-/m0/s1. The number of anilines is 1. The van der Waals surface area contributed by atoms with Crippen LogP contribution in [0, 0.1) is 5.92 Å². The molecule has 0 radical (unpaired) electrons. The number of nitrogens with zero attached hydrogens (tertiary/aromatic N) is 6. The van der Waals surface area contributed by atoms with Crippen LogP contribution in [0.15, 0.2) is 30.7 Å². The summed E-state index contributed by atoms with van der Waals surface area (Å²) in [6.07, 6.45) is 2.00. The predicted octanol–water partition coefficient (Wildman–Crippen LogP) is 2.78. The van der Waals surface area contributed by atoms with Gasteiger partial charge in [-0.2, -0.15) is 5.10 Å². The maximum atomic E-state index is 13.1. The third-order valence-corrected chi connectivity index (χ3v) is 7.15.